The lowest BCUT2D eigenvalue weighted by Crippen LogP contribution is -2.20. The number of hydrogen-bond donors (Lipinski definition) is 1. The van der Waals surface area contributed by atoms with E-state index in [9.17, 15) is 19.5 Å². The van der Waals surface area contributed by atoms with Crippen molar-refractivity contribution in [2.24, 2.45) is 0 Å². The van der Waals surface area contributed by atoms with E-state index in [1.54, 1.807) is 0 Å². The van der Waals surface area contributed by atoms with Crippen LogP contribution in [0, 0.1) is 6.92 Å². The third-order valence-electron chi connectivity index (χ3n) is 3.95. The average molecular weight is 386 g/mol. The number of rotatable bonds is 6. The molecule has 1 aromatic carbocycles. The molecule has 0 radical (unpaired) electrons. The van der Waals surface area contributed by atoms with Gasteiger partial charge in [-0.2, -0.15) is 0 Å². The summed E-state index contributed by atoms with van der Waals surface area (Å²) in [6.07, 6.45) is 1.46. The molecule has 1 aromatic heterocycles. The molecular weight excluding hydrogens is 366 g/mol. The second-order valence-electron chi connectivity index (χ2n) is 6.15. The van der Waals surface area contributed by atoms with Gasteiger partial charge in [-0.1, -0.05) is 38.1 Å². The number of amides is 1. The Morgan fingerprint density at radius 1 is 1.15 bits per heavy atom. The van der Waals surface area contributed by atoms with Gasteiger partial charge in [0.05, 0.1) is 13.1 Å². The first-order valence-corrected chi connectivity index (χ1v) is 9.08. The molecule has 7 heteroatoms. The van der Waals surface area contributed by atoms with Crippen LogP contribution in [0.4, 0.5) is 5.00 Å². The van der Waals surface area contributed by atoms with Crippen molar-refractivity contribution in [2.75, 3.05) is 12.4 Å². The number of nitrogens with one attached hydrogen (secondary N) is 1. The van der Waals surface area contributed by atoms with Crippen LogP contribution < -0.4 is 10.4 Å². The molecule has 0 saturated carbocycles. The van der Waals surface area contributed by atoms with Crippen molar-refractivity contribution in [3.05, 3.63) is 52.4 Å². The van der Waals surface area contributed by atoms with Crippen molar-refractivity contribution >= 4 is 34.2 Å². The second-order valence-corrected chi connectivity index (χ2v) is 7.37. The van der Waals surface area contributed by atoms with Crippen molar-refractivity contribution in [1.29, 1.82) is 0 Å². The van der Waals surface area contributed by atoms with Crippen molar-refractivity contribution in [3.63, 3.8) is 0 Å². The lowest BCUT2D eigenvalue weighted by atomic mass is 9.97. The van der Waals surface area contributed by atoms with Gasteiger partial charge in [-0.3, -0.25) is 4.79 Å². The Morgan fingerprint density at radius 3 is 2.30 bits per heavy atom. The van der Waals surface area contributed by atoms with Gasteiger partial charge in [0.15, 0.2) is 0 Å². The molecule has 27 heavy (non-hydrogen) atoms. The average Bonchev–Trinajstić information content (AvgIpc) is 2.95. The second kappa shape index (κ2) is 8.64. The highest BCUT2D eigenvalue weighted by Gasteiger charge is 2.24. The van der Waals surface area contributed by atoms with Crippen LogP contribution in [-0.4, -0.2) is 25.0 Å². The zero-order valence-electron chi connectivity index (χ0n) is 15.5. The summed E-state index contributed by atoms with van der Waals surface area (Å²) in [7, 11) is 1.27. The fourth-order valence-corrected chi connectivity index (χ4v) is 3.68. The summed E-state index contributed by atoms with van der Waals surface area (Å²) in [4.78, 5) is 35.6. The van der Waals surface area contributed by atoms with Crippen LogP contribution in [0.3, 0.4) is 0 Å². The Labute approximate surface area is 161 Å². The first kappa shape index (κ1) is 20.4. The Balaban J connectivity index is 2.49. The number of carboxylic acid groups (broad SMARTS) is 1. The number of hydrogen-bond acceptors (Lipinski definition) is 6. The van der Waals surface area contributed by atoms with E-state index in [0.29, 0.717) is 22.6 Å². The highest BCUT2D eigenvalue weighted by atomic mass is 32.1. The van der Waals surface area contributed by atoms with Gasteiger partial charge >= 0.3 is 5.97 Å². The van der Waals surface area contributed by atoms with E-state index >= 15 is 0 Å². The van der Waals surface area contributed by atoms with Crippen molar-refractivity contribution in [1.82, 2.24) is 0 Å². The highest BCUT2D eigenvalue weighted by molar-refractivity contribution is 7.17. The number of benzene rings is 1. The SMILES string of the molecule is COC(=O)c1c(NC(=O)/C=C/C(=O)[O-])sc(C)c1-c1ccc(C(C)C)cc1. The third kappa shape index (κ3) is 4.83. The van der Waals surface area contributed by atoms with E-state index in [2.05, 4.69) is 19.2 Å². The van der Waals surface area contributed by atoms with Crippen molar-refractivity contribution < 1.29 is 24.2 Å². The molecule has 142 valence electrons. The molecule has 0 bridgehead atoms. The fraction of sp³-hybridized carbons (Fsp3) is 0.250. The summed E-state index contributed by atoms with van der Waals surface area (Å²) in [6, 6.07) is 7.86. The summed E-state index contributed by atoms with van der Waals surface area (Å²) in [5, 5.41) is 13.3. The Bertz CT molecular complexity index is 894. The van der Waals surface area contributed by atoms with Crippen LogP contribution >= 0.6 is 11.3 Å². The van der Waals surface area contributed by atoms with Crippen LogP contribution in [-0.2, 0) is 14.3 Å². The summed E-state index contributed by atoms with van der Waals surface area (Å²) < 4.78 is 4.89. The van der Waals surface area contributed by atoms with Gasteiger partial charge in [0, 0.05) is 16.5 Å². The lowest BCUT2D eigenvalue weighted by Gasteiger charge is -2.09. The summed E-state index contributed by atoms with van der Waals surface area (Å²) in [6.45, 7) is 6.03. The topological polar surface area (TPSA) is 95.5 Å². The van der Waals surface area contributed by atoms with Gasteiger partial charge in [0.2, 0.25) is 5.91 Å². The first-order chi connectivity index (χ1) is 12.7. The Hall–Kier alpha value is -2.93. The number of aliphatic carboxylic acids is 1. The normalized spacial score (nSPS) is 11.0. The first-order valence-electron chi connectivity index (χ1n) is 8.26. The molecule has 0 aliphatic carbocycles. The number of aryl methyl sites for hydroxylation is 1. The fourth-order valence-electron chi connectivity index (χ4n) is 2.61. The third-order valence-corrected chi connectivity index (χ3v) is 4.97. The van der Waals surface area contributed by atoms with E-state index < -0.39 is 17.8 Å². The van der Waals surface area contributed by atoms with E-state index in [1.165, 1.54) is 24.0 Å². The minimum Gasteiger partial charge on any atom is -0.545 e. The molecule has 0 atom stereocenters. The molecule has 1 heterocycles. The molecular formula is C20H20NO5S-. The zero-order valence-corrected chi connectivity index (χ0v) is 16.3. The Morgan fingerprint density at radius 2 is 1.78 bits per heavy atom. The number of esters is 1. The number of thiophene rings is 1. The minimum atomic E-state index is -1.48. The van der Waals surface area contributed by atoms with Gasteiger partial charge < -0.3 is 20.0 Å². The molecule has 6 nitrogen and oxygen atoms in total. The van der Waals surface area contributed by atoms with Gasteiger partial charge in [-0.15, -0.1) is 11.3 Å². The number of carbonyl (C=O) groups is 3. The van der Waals surface area contributed by atoms with Crippen LogP contribution in [0.2, 0.25) is 0 Å². The van der Waals surface area contributed by atoms with Gasteiger partial charge in [0.25, 0.3) is 0 Å². The Kier molecular flexibility index (Phi) is 6.52. The molecule has 1 amide bonds. The zero-order chi connectivity index (χ0) is 20.1. The molecule has 0 aliphatic rings. The molecule has 0 unspecified atom stereocenters. The number of ether oxygens (including phenoxy) is 1. The quantitative estimate of drug-likeness (QED) is 0.608. The smallest absolute Gasteiger partial charge is 0.341 e. The van der Waals surface area contributed by atoms with E-state index in [0.717, 1.165) is 16.5 Å². The maximum Gasteiger partial charge on any atom is 0.341 e. The molecule has 2 aromatic rings. The number of anilines is 1. The molecule has 1 N–H and O–H groups in total. The van der Waals surface area contributed by atoms with E-state index in [1.807, 2.05) is 31.2 Å². The highest BCUT2D eigenvalue weighted by Crippen LogP contribution is 2.40. The number of carboxylic acids is 1. The van der Waals surface area contributed by atoms with Crippen LogP contribution in [0.15, 0.2) is 36.4 Å². The monoisotopic (exact) mass is 386 g/mol. The maximum atomic E-state index is 12.4. The largest absolute Gasteiger partial charge is 0.545 e. The van der Waals surface area contributed by atoms with Crippen molar-refractivity contribution in [3.8, 4) is 11.1 Å². The predicted molar refractivity (Wildman–Crippen MR) is 103 cm³/mol. The molecule has 0 saturated heterocycles. The summed E-state index contributed by atoms with van der Waals surface area (Å²) in [5.41, 5.74) is 2.93. The molecule has 0 aliphatic heterocycles. The van der Waals surface area contributed by atoms with Crippen LogP contribution in [0.5, 0.6) is 0 Å². The van der Waals surface area contributed by atoms with Crippen LogP contribution in [0.1, 0.15) is 40.6 Å². The predicted octanol–water partition coefficient (Wildman–Crippen LogP) is 2.88. The van der Waals surface area contributed by atoms with E-state index in [-0.39, 0.29) is 5.56 Å². The standard InChI is InChI=1S/C20H21NO5S/c1-11(2)13-5-7-14(8-6-13)17-12(3)27-19(18(17)20(25)26-4)21-15(22)9-10-16(23)24/h5-11H,1-4H3,(H,21,22)(H,23,24)/p-1/b10-9+. The molecule has 0 fully saturated rings. The van der Waals surface area contributed by atoms with Gasteiger partial charge in [-0.25, -0.2) is 4.79 Å². The van der Waals surface area contributed by atoms with E-state index in [4.69, 9.17) is 4.74 Å². The number of methoxy groups -OCH3 is 1. The van der Waals surface area contributed by atoms with Gasteiger partial charge in [0.1, 0.15) is 10.6 Å². The maximum absolute atomic E-state index is 12.4. The van der Waals surface area contributed by atoms with Crippen LogP contribution in [0.25, 0.3) is 11.1 Å². The minimum absolute atomic E-state index is 0.243. The summed E-state index contributed by atoms with van der Waals surface area (Å²) in [5.74, 6) is -2.35. The van der Waals surface area contributed by atoms with Gasteiger partial charge in [-0.05, 0) is 30.0 Å². The number of carbonyl (C=O) groups excluding carboxylic acids is 3. The molecule has 0 spiro atoms. The molecule has 2 rings (SSSR count). The summed E-state index contributed by atoms with van der Waals surface area (Å²) >= 11 is 1.22. The van der Waals surface area contributed by atoms with Crippen molar-refractivity contribution in [2.45, 2.75) is 26.7 Å². The lowest BCUT2D eigenvalue weighted by molar-refractivity contribution is -0.297.